The van der Waals surface area contributed by atoms with Gasteiger partial charge in [-0.1, -0.05) is 18.2 Å². The minimum absolute atomic E-state index is 0.00324. The van der Waals surface area contributed by atoms with E-state index in [2.05, 4.69) is 26.5 Å². The van der Waals surface area contributed by atoms with Gasteiger partial charge in [0.05, 0.1) is 29.3 Å². The molecule has 2 N–H and O–H groups in total. The Balaban J connectivity index is 1.46. The predicted molar refractivity (Wildman–Crippen MR) is 144 cm³/mol. The Kier molecular flexibility index (Phi) is 6.45. The number of alkyl halides is 2. The monoisotopic (exact) mass is 533 g/mol. The summed E-state index contributed by atoms with van der Waals surface area (Å²) < 4.78 is 40.6. The zero-order valence-corrected chi connectivity index (χ0v) is 21.8. The van der Waals surface area contributed by atoms with Gasteiger partial charge < -0.3 is 19.7 Å². The van der Waals surface area contributed by atoms with Crippen molar-refractivity contribution in [2.24, 2.45) is 0 Å². The van der Waals surface area contributed by atoms with Crippen molar-refractivity contribution in [3.63, 3.8) is 0 Å². The highest BCUT2D eigenvalue weighted by atomic mass is 19.3. The minimum Gasteiger partial charge on any atom is -0.475 e. The maximum Gasteiger partial charge on any atom is 0.262 e. The molecule has 2 aromatic carbocycles. The first kappa shape index (κ1) is 25.3. The Labute approximate surface area is 224 Å². The van der Waals surface area contributed by atoms with E-state index in [0.29, 0.717) is 41.4 Å². The van der Waals surface area contributed by atoms with Crippen LogP contribution in [0.25, 0.3) is 21.8 Å². The van der Waals surface area contributed by atoms with Gasteiger partial charge in [-0.05, 0) is 31.7 Å². The van der Waals surface area contributed by atoms with Crippen LogP contribution in [0.1, 0.15) is 17.5 Å². The summed E-state index contributed by atoms with van der Waals surface area (Å²) in [6, 6.07) is 11.3. The molecule has 6 rings (SSSR count). The molecule has 0 aliphatic carbocycles. The quantitative estimate of drug-likeness (QED) is 0.380. The van der Waals surface area contributed by atoms with Crippen LogP contribution in [0.2, 0.25) is 0 Å². The zero-order valence-electron chi connectivity index (χ0n) is 21.8. The minimum atomic E-state index is -2.77. The van der Waals surface area contributed by atoms with Crippen LogP contribution < -0.4 is 19.7 Å². The summed E-state index contributed by atoms with van der Waals surface area (Å²) in [6.45, 7) is 4.57. The van der Waals surface area contributed by atoms with Crippen LogP contribution in [-0.4, -0.2) is 78.4 Å². The summed E-state index contributed by atoms with van der Waals surface area (Å²) in [6.07, 6.45) is 1.42. The van der Waals surface area contributed by atoms with Crippen molar-refractivity contribution >= 4 is 27.5 Å². The Morgan fingerprint density at radius 1 is 1.18 bits per heavy atom. The molecular formula is C28H29F2N7O2. The van der Waals surface area contributed by atoms with Gasteiger partial charge in [-0.25, -0.2) is 13.8 Å². The average Bonchev–Trinajstić information content (AvgIpc) is 3.51. The SMILES string of the molecule is Cc1ccc2[nH]ncc2c1Oc1cccc2c(N3CCNCC3)c(C#N)c(OC[C@@H]3CC(F)(F)CN3C)nc12. The summed E-state index contributed by atoms with van der Waals surface area (Å²) in [5.74, 6) is -1.49. The number of likely N-dealkylation sites (tertiary alicyclic amines) is 1. The number of hydrogen-bond donors (Lipinski definition) is 2. The van der Waals surface area contributed by atoms with Crippen molar-refractivity contribution in [1.29, 1.82) is 5.26 Å². The van der Waals surface area contributed by atoms with E-state index in [9.17, 15) is 14.0 Å². The zero-order chi connectivity index (χ0) is 27.1. The highest BCUT2D eigenvalue weighted by Crippen LogP contribution is 2.42. The number of aromatic nitrogens is 3. The number of ether oxygens (including phenoxy) is 2. The van der Waals surface area contributed by atoms with Gasteiger partial charge in [0, 0.05) is 44.0 Å². The van der Waals surface area contributed by atoms with Crippen LogP contribution in [0.15, 0.2) is 36.5 Å². The number of hydrogen-bond acceptors (Lipinski definition) is 8. The van der Waals surface area contributed by atoms with Gasteiger partial charge in [0.1, 0.15) is 29.5 Å². The standard InChI is InChI=1S/C28H29F2N7O2/c1-17-6-7-22-21(14-33-35-22)26(17)39-23-5-3-4-19-24(23)34-27(38-15-18-12-28(29,30)16-36(18)2)20(13-31)25(19)37-10-8-32-9-11-37/h3-7,14,18,32H,8-12,15-16H2,1-2H3,(H,33,35)/t18-/m0/s1. The number of anilines is 1. The molecule has 4 aromatic rings. The third-order valence-corrected chi connectivity index (χ3v) is 7.50. The van der Waals surface area contributed by atoms with Crippen molar-refractivity contribution in [3.8, 4) is 23.4 Å². The Morgan fingerprint density at radius 2 is 2.00 bits per heavy atom. The second kappa shape index (κ2) is 9.94. The molecule has 0 spiro atoms. The van der Waals surface area contributed by atoms with Gasteiger partial charge in [0.15, 0.2) is 5.75 Å². The van der Waals surface area contributed by atoms with Gasteiger partial charge in [-0.3, -0.25) is 10.00 Å². The third-order valence-electron chi connectivity index (χ3n) is 7.50. The number of halogens is 2. The number of nitrogens with one attached hydrogen (secondary N) is 2. The fourth-order valence-electron chi connectivity index (χ4n) is 5.49. The Hall–Kier alpha value is -4.01. The van der Waals surface area contributed by atoms with Crippen molar-refractivity contribution in [3.05, 3.63) is 47.7 Å². The summed E-state index contributed by atoms with van der Waals surface area (Å²) in [5.41, 5.74) is 3.32. The average molecular weight is 534 g/mol. The lowest BCUT2D eigenvalue weighted by molar-refractivity contribution is 0.0137. The maximum absolute atomic E-state index is 14.0. The smallest absolute Gasteiger partial charge is 0.262 e. The van der Waals surface area contributed by atoms with E-state index in [-0.39, 0.29) is 25.5 Å². The third kappa shape index (κ3) is 4.70. The number of piperazine rings is 1. The molecule has 0 saturated carbocycles. The number of benzene rings is 2. The first-order valence-electron chi connectivity index (χ1n) is 13.0. The molecule has 0 amide bonds. The Morgan fingerprint density at radius 3 is 2.74 bits per heavy atom. The van der Waals surface area contributed by atoms with Crippen LogP contribution >= 0.6 is 0 Å². The molecule has 2 fully saturated rings. The fraction of sp³-hybridized carbons (Fsp3) is 0.393. The van der Waals surface area contributed by atoms with Gasteiger partial charge >= 0.3 is 0 Å². The summed E-state index contributed by atoms with van der Waals surface area (Å²) in [7, 11) is 1.66. The molecule has 2 aliphatic rings. The first-order valence-corrected chi connectivity index (χ1v) is 13.0. The molecule has 4 heterocycles. The van der Waals surface area contributed by atoms with Gasteiger partial charge in [0.2, 0.25) is 5.88 Å². The largest absolute Gasteiger partial charge is 0.475 e. The van der Waals surface area contributed by atoms with E-state index < -0.39 is 12.0 Å². The Bertz CT molecular complexity index is 1580. The lowest BCUT2D eigenvalue weighted by atomic mass is 10.1. The van der Waals surface area contributed by atoms with E-state index >= 15 is 0 Å². The van der Waals surface area contributed by atoms with E-state index in [1.54, 1.807) is 18.1 Å². The summed E-state index contributed by atoms with van der Waals surface area (Å²) in [4.78, 5) is 8.51. The molecule has 202 valence electrons. The molecular weight excluding hydrogens is 504 g/mol. The topological polar surface area (TPSA) is 102 Å². The van der Waals surface area contributed by atoms with Crippen molar-refractivity contribution in [2.45, 2.75) is 25.3 Å². The first-order chi connectivity index (χ1) is 18.8. The number of likely N-dealkylation sites (N-methyl/N-ethyl adjacent to an activating group) is 1. The van der Waals surface area contributed by atoms with Gasteiger partial charge in [0.25, 0.3) is 5.92 Å². The lowest BCUT2D eigenvalue weighted by Crippen LogP contribution is -2.44. The molecule has 2 saturated heterocycles. The van der Waals surface area contributed by atoms with Crippen LogP contribution in [0.5, 0.6) is 17.4 Å². The second-order valence-electron chi connectivity index (χ2n) is 10.2. The lowest BCUT2D eigenvalue weighted by Gasteiger charge is -2.31. The summed E-state index contributed by atoms with van der Waals surface area (Å²) in [5, 5.41) is 22.3. The number of aryl methyl sites for hydroxylation is 1. The number of fused-ring (bicyclic) bond motifs is 2. The molecule has 0 bridgehead atoms. The van der Waals surface area contributed by atoms with Crippen molar-refractivity contribution in [1.82, 2.24) is 25.4 Å². The molecule has 2 aromatic heterocycles. The van der Waals surface area contributed by atoms with Gasteiger partial charge in [-0.2, -0.15) is 10.4 Å². The van der Waals surface area contributed by atoms with E-state index in [1.807, 2.05) is 37.3 Å². The predicted octanol–water partition coefficient (Wildman–Crippen LogP) is 4.21. The molecule has 11 heteroatoms. The van der Waals surface area contributed by atoms with Gasteiger partial charge in [-0.15, -0.1) is 0 Å². The maximum atomic E-state index is 14.0. The molecule has 2 aliphatic heterocycles. The van der Waals surface area contributed by atoms with Crippen LogP contribution in [0.4, 0.5) is 14.5 Å². The molecule has 9 nitrogen and oxygen atoms in total. The highest BCUT2D eigenvalue weighted by Gasteiger charge is 2.43. The van der Waals surface area contributed by atoms with E-state index in [1.165, 1.54) is 0 Å². The van der Waals surface area contributed by atoms with Crippen LogP contribution in [-0.2, 0) is 0 Å². The molecule has 0 radical (unpaired) electrons. The number of para-hydroxylation sites is 1. The highest BCUT2D eigenvalue weighted by molar-refractivity contribution is 5.99. The molecule has 1 atom stereocenters. The normalized spacial score (nSPS) is 19.5. The summed E-state index contributed by atoms with van der Waals surface area (Å²) >= 11 is 0. The van der Waals surface area contributed by atoms with Crippen LogP contribution in [0.3, 0.4) is 0 Å². The number of H-pyrrole nitrogens is 1. The van der Waals surface area contributed by atoms with Crippen molar-refractivity contribution < 1.29 is 18.3 Å². The number of aromatic amines is 1. The number of nitriles is 1. The molecule has 39 heavy (non-hydrogen) atoms. The number of pyridine rings is 1. The molecule has 0 unspecified atom stereocenters. The van der Waals surface area contributed by atoms with E-state index in [4.69, 9.17) is 14.5 Å². The number of rotatable bonds is 6. The number of nitrogens with zero attached hydrogens (tertiary/aromatic N) is 5. The van der Waals surface area contributed by atoms with Crippen LogP contribution in [0, 0.1) is 18.3 Å². The fourth-order valence-corrected chi connectivity index (χ4v) is 5.49. The van der Waals surface area contributed by atoms with E-state index in [0.717, 1.165) is 34.9 Å². The van der Waals surface area contributed by atoms with Crippen molar-refractivity contribution in [2.75, 3.05) is 51.3 Å². The second-order valence-corrected chi connectivity index (χ2v) is 10.2.